The van der Waals surface area contributed by atoms with Gasteiger partial charge in [-0.05, 0) is 37.8 Å². The van der Waals surface area contributed by atoms with Gasteiger partial charge in [-0.1, -0.05) is 20.3 Å². The molecule has 1 aliphatic heterocycles. The van der Waals surface area contributed by atoms with Gasteiger partial charge in [-0.2, -0.15) is 0 Å². The topological polar surface area (TPSA) is 82.0 Å². The molecule has 1 fully saturated rings. The molecule has 2 heterocycles. The third kappa shape index (κ3) is 9.75. The number of piperazine rings is 1. The number of hydrogen-bond donors (Lipinski definition) is 2. The van der Waals surface area contributed by atoms with Gasteiger partial charge in [-0.3, -0.25) is 14.6 Å². The first-order chi connectivity index (χ1) is 15.5. The number of aliphatic imine (C=N–C) groups is 1. The third-order valence-corrected chi connectivity index (χ3v) is 5.56. The number of amides is 2. The van der Waals surface area contributed by atoms with E-state index >= 15 is 0 Å². The third-order valence-electron chi connectivity index (χ3n) is 5.56. The predicted octanol–water partition coefficient (Wildman–Crippen LogP) is 2.32. The number of nitrogens with zero attached hydrogens (tertiary/aromatic N) is 4. The van der Waals surface area contributed by atoms with E-state index in [0.29, 0.717) is 44.9 Å². The Labute approximate surface area is 193 Å². The second-order valence-corrected chi connectivity index (χ2v) is 8.78. The van der Waals surface area contributed by atoms with Crippen molar-refractivity contribution in [3.05, 3.63) is 24.5 Å². The monoisotopic (exact) mass is 446 g/mol. The zero-order chi connectivity index (χ0) is 23.2. The van der Waals surface area contributed by atoms with E-state index < -0.39 is 0 Å². The van der Waals surface area contributed by atoms with Crippen LogP contribution < -0.4 is 10.6 Å². The van der Waals surface area contributed by atoms with Crippen LogP contribution in [-0.2, 0) is 16.1 Å². The summed E-state index contributed by atoms with van der Waals surface area (Å²) in [6.45, 7) is 12.1. The van der Waals surface area contributed by atoms with E-state index in [9.17, 15) is 9.59 Å². The zero-order valence-electron chi connectivity index (χ0n) is 20.2. The van der Waals surface area contributed by atoms with E-state index in [4.69, 9.17) is 0 Å². The molecule has 0 aromatic carbocycles. The van der Waals surface area contributed by atoms with Crippen LogP contribution in [0.3, 0.4) is 0 Å². The second kappa shape index (κ2) is 14.5. The van der Waals surface area contributed by atoms with Gasteiger partial charge in [0.2, 0.25) is 11.8 Å². The SMILES string of the molecule is CCNC(=NCCCCCC(=O)N1CCN(C(=O)CC(C)C)CC1)NCCn1cccc1. The van der Waals surface area contributed by atoms with Crippen LogP contribution in [0.4, 0.5) is 0 Å². The summed E-state index contributed by atoms with van der Waals surface area (Å²) < 4.78 is 2.14. The van der Waals surface area contributed by atoms with Crippen LogP contribution in [0.2, 0.25) is 0 Å². The van der Waals surface area contributed by atoms with Crippen LogP contribution in [-0.4, -0.2) is 78.0 Å². The maximum atomic E-state index is 12.5. The van der Waals surface area contributed by atoms with Crippen molar-refractivity contribution in [2.24, 2.45) is 10.9 Å². The fourth-order valence-corrected chi connectivity index (χ4v) is 3.76. The summed E-state index contributed by atoms with van der Waals surface area (Å²) in [6, 6.07) is 4.05. The summed E-state index contributed by atoms with van der Waals surface area (Å²) in [6.07, 6.45) is 8.13. The van der Waals surface area contributed by atoms with E-state index in [1.165, 1.54) is 0 Å². The van der Waals surface area contributed by atoms with Gasteiger partial charge in [0.05, 0.1) is 0 Å². The Bertz CT molecular complexity index is 693. The van der Waals surface area contributed by atoms with Crippen LogP contribution in [0.5, 0.6) is 0 Å². The van der Waals surface area contributed by atoms with Crippen LogP contribution in [0.15, 0.2) is 29.5 Å². The first kappa shape index (κ1) is 25.7. The van der Waals surface area contributed by atoms with Gasteiger partial charge >= 0.3 is 0 Å². The van der Waals surface area contributed by atoms with Crippen molar-refractivity contribution in [2.75, 3.05) is 45.8 Å². The van der Waals surface area contributed by atoms with Gasteiger partial charge in [0, 0.05) is 77.6 Å². The molecule has 0 saturated carbocycles. The average molecular weight is 447 g/mol. The molecule has 32 heavy (non-hydrogen) atoms. The Morgan fingerprint density at radius 1 is 0.938 bits per heavy atom. The molecule has 8 nitrogen and oxygen atoms in total. The second-order valence-electron chi connectivity index (χ2n) is 8.78. The lowest BCUT2D eigenvalue weighted by Crippen LogP contribution is -2.50. The van der Waals surface area contributed by atoms with Crippen molar-refractivity contribution < 1.29 is 9.59 Å². The molecular weight excluding hydrogens is 404 g/mol. The number of aromatic nitrogens is 1. The first-order valence-electron chi connectivity index (χ1n) is 12.2. The lowest BCUT2D eigenvalue weighted by Gasteiger charge is -2.35. The van der Waals surface area contributed by atoms with E-state index in [2.05, 4.69) is 53.4 Å². The van der Waals surface area contributed by atoms with Gasteiger partial charge in [0.1, 0.15) is 0 Å². The summed E-state index contributed by atoms with van der Waals surface area (Å²) >= 11 is 0. The minimum Gasteiger partial charge on any atom is -0.357 e. The molecule has 1 aromatic heterocycles. The number of guanidine groups is 1. The highest BCUT2D eigenvalue weighted by atomic mass is 16.2. The molecule has 1 aliphatic rings. The molecule has 0 atom stereocenters. The maximum Gasteiger partial charge on any atom is 0.222 e. The minimum atomic E-state index is 0.212. The van der Waals surface area contributed by atoms with Crippen molar-refractivity contribution in [3.63, 3.8) is 0 Å². The molecular formula is C24H42N6O2. The van der Waals surface area contributed by atoms with Crippen molar-refractivity contribution in [1.29, 1.82) is 0 Å². The van der Waals surface area contributed by atoms with Gasteiger partial charge in [-0.15, -0.1) is 0 Å². The minimum absolute atomic E-state index is 0.212. The van der Waals surface area contributed by atoms with Crippen LogP contribution in [0, 0.1) is 5.92 Å². The predicted molar refractivity (Wildman–Crippen MR) is 129 cm³/mol. The standard InChI is InChI=1S/C24H42N6O2/c1-4-25-24(27-12-15-28-13-8-9-14-28)26-11-7-5-6-10-22(31)29-16-18-30(19-17-29)23(32)20-21(2)3/h8-9,13-14,21H,4-7,10-12,15-20H2,1-3H3,(H2,25,26,27). The van der Waals surface area contributed by atoms with Gasteiger partial charge in [-0.25, -0.2) is 0 Å². The molecule has 0 aliphatic carbocycles. The average Bonchev–Trinajstić information content (AvgIpc) is 3.29. The molecule has 0 radical (unpaired) electrons. The smallest absolute Gasteiger partial charge is 0.222 e. The number of unbranched alkanes of at least 4 members (excludes halogenated alkanes) is 2. The van der Waals surface area contributed by atoms with Gasteiger partial charge in [0.15, 0.2) is 5.96 Å². The zero-order valence-corrected chi connectivity index (χ0v) is 20.2. The molecule has 0 spiro atoms. The van der Waals surface area contributed by atoms with Crippen molar-refractivity contribution in [3.8, 4) is 0 Å². The van der Waals surface area contributed by atoms with Crippen LogP contribution in [0.25, 0.3) is 0 Å². The molecule has 0 unspecified atom stereocenters. The molecule has 2 rings (SSSR count). The summed E-state index contributed by atoms with van der Waals surface area (Å²) in [4.78, 5) is 33.1. The number of carbonyl (C=O) groups is 2. The van der Waals surface area contributed by atoms with E-state index in [1.54, 1.807) is 0 Å². The van der Waals surface area contributed by atoms with Gasteiger partial charge < -0.3 is 25.0 Å². The number of carbonyl (C=O) groups excluding carboxylic acids is 2. The highest BCUT2D eigenvalue weighted by Gasteiger charge is 2.23. The molecule has 180 valence electrons. The van der Waals surface area contributed by atoms with E-state index in [-0.39, 0.29) is 11.8 Å². The molecule has 2 N–H and O–H groups in total. The van der Waals surface area contributed by atoms with E-state index in [1.807, 2.05) is 21.9 Å². The largest absolute Gasteiger partial charge is 0.357 e. The Kier molecular flexibility index (Phi) is 11.7. The fraction of sp³-hybridized carbons (Fsp3) is 0.708. The molecule has 1 saturated heterocycles. The molecule has 8 heteroatoms. The highest BCUT2D eigenvalue weighted by molar-refractivity contribution is 5.79. The molecule has 0 bridgehead atoms. The van der Waals surface area contributed by atoms with Gasteiger partial charge in [0.25, 0.3) is 0 Å². The Hall–Kier alpha value is -2.51. The Morgan fingerprint density at radius 2 is 1.59 bits per heavy atom. The summed E-state index contributed by atoms with van der Waals surface area (Å²) in [5.74, 6) is 1.65. The lowest BCUT2D eigenvalue weighted by atomic mass is 10.1. The highest BCUT2D eigenvalue weighted by Crippen LogP contribution is 2.10. The summed E-state index contributed by atoms with van der Waals surface area (Å²) in [5.41, 5.74) is 0. The van der Waals surface area contributed by atoms with Crippen LogP contribution in [0.1, 0.15) is 52.9 Å². The molecule has 2 amide bonds. The van der Waals surface area contributed by atoms with Crippen molar-refractivity contribution >= 4 is 17.8 Å². The fourth-order valence-electron chi connectivity index (χ4n) is 3.76. The molecule has 1 aromatic rings. The lowest BCUT2D eigenvalue weighted by molar-refractivity contribution is -0.140. The van der Waals surface area contributed by atoms with Crippen molar-refractivity contribution in [2.45, 2.75) is 59.4 Å². The summed E-state index contributed by atoms with van der Waals surface area (Å²) in [5, 5.41) is 6.64. The first-order valence-corrected chi connectivity index (χ1v) is 12.2. The number of hydrogen-bond acceptors (Lipinski definition) is 3. The Morgan fingerprint density at radius 3 is 2.22 bits per heavy atom. The number of rotatable bonds is 12. The number of nitrogens with one attached hydrogen (secondary N) is 2. The maximum absolute atomic E-state index is 12.5. The quantitative estimate of drug-likeness (QED) is 0.293. The summed E-state index contributed by atoms with van der Waals surface area (Å²) in [7, 11) is 0. The van der Waals surface area contributed by atoms with Crippen LogP contribution >= 0.6 is 0 Å². The van der Waals surface area contributed by atoms with Crippen molar-refractivity contribution in [1.82, 2.24) is 25.0 Å². The Balaban J connectivity index is 1.57. The van der Waals surface area contributed by atoms with E-state index in [0.717, 1.165) is 51.4 Å². The normalized spacial score (nSPS) is 14.7.